The summed E-state index contributed by atoms with van der Waals surface area (Å²) >= 11 is 6.87. The Bertz CT molecular complexity index is 126. The maximum absolute atomic E-state index is 5.42. The molecule has 0 aliphatic heterocycles. The first-order valence-electron chi connectivity index (χ1n) is 1.80. The van der Waals surface area contributed by atoms with E-state index in [1.807, 2.05) is 0 Å². The maximum atomic E-state index is 5.42. The van der Waals surface area contributed by atoms with Crippen molar-refractivity contribution < 1.29 is 0 Å². The second kappa shape index (κ2) is 2.28. The molecule has 0 unspecified atom stereocenters. The molecule has 0 aromatic carbocycles. The van der Waals surface area contributed by atoms with Crippen LogP contribution in [0.25, 0.3) is 0 Å². The first kappa shape index (κ1) is 5.06. The van der Waals surface area contributed by atoms with E-state index in [2.05, 4.69) is 10.5 Å². The van der Waals surface area contributed by atoms with E-state index in [4.69, 9.17) is 11.6 Å². The molecule has 0 N–H and O–H groups in total. The fourth-order valence-corrected chi connectivity index (χ4v) is 0.887. The highest BCUT2D eigenvalue weighted by Crippen LogP contribution is 2.06. The van der Waals surface area contributed by atoms with Crippen LogP contribution in [0, 0.1) is 5.51 Å². The third kappa shape index (κ3) is 1.14. The standard InChI is InChI=1S/C4H3ClNS/c5-1-4-2-6-3-7-4/h2H,1H2. The third-order valence-electron chi connectivity index (χ3n) is 0.570. The van der Waals surface area contributed by atoms with Crippen LogP contribution < -0.4 is 0 Å². The Labute approximate surface area is 51.0 Å². The Balaban J connectivity index is 2.76. The van der Waals surface area contributed by atoms with Crippen molar-refractivity contribution in [2.45, 2.75) is 5.88 Å². The number of aromatic nitrogens is 1. The van der Waals surface area contributed by atoms with Gasteiger partial charge in [0, 0.05) is 11.1 Å². The zero-order valence-corrected chi connectivity index (χ0v) is 5.09. The summed E-state index contributed by atoms with van der Waals surface area (Å²) in [6.07, 6.45) is 1.72. The molecule has 0 saturated heterocycles. The Morgan fingerprint density at radius 2 is 2.86 bits per heavy atom. The van der Waals surface area contributed by atoms with Crippen molar-refractivity contribution in [1.82, 2.24) is 4.98 Å². The molecule has 7 heavy (non-hydrogen) atoms. The minimum atomic E-state index is 0.557. The van der Waals surface area contributed by atoms with E-state index < -0.39 is 0 Å². The van der Waals surface area contributed by atoms with E-state index in [0.29, 0.717) is 5.88 Å². The summed E-state index contributed by atoms with van der Waals surface area (Å²) in [6, 6.07) is 0. The van der Waals surface area contributed by atoms with Crippen molar-refractivity contribution in [3.63, 3.8) is 0 Å². The zero-order chi connectivity index (χ0) is 5.11. The molecule has 0 fully saturated rings. The van der Waals surface area contributed by atoms with E-state index >= 15 is 0 Å². The van der Waals surface area contributed by atoms with Gasteiger partial charge >= 0.3 is 0 Å². The molecule has 37 valence electrons. The first-order valence-corrected chi connectivity index (χ1v) is 3.15. The highest BCUT2D eigenvalue weighted by molar-refractivity contribution is 7.09. The molecule has 3 heteroatoms. The number of nitrogens with zero attached hydrogens (tertiary/aromatic N) is 1. The van der Waals surface area contributed by atoms with Crippen LogP contribution in [0.3, 0.4) is 0 Å². The lowest BCUT2D eigenvalue weighted by molar-refractivity contribution is 1.36. The van der Waals surface area contributed by atoms with Gasteiger partial charge in [-0.1, -0.05) is 0 Å². The number of thiazole rings is 1. The minimum Gasteiger partial charge on any atom is -0.242 e. The first-order chi connectivity index (χ1) is 3.43. The quantitative estimate of drug-likeness (QED) is 0.530. The lowest BCUT2D eigenvalue weighted by atomic mass is 10.6. The van der Waals surface area contributed by atoms with Crippen molar-refractivity contribution in [2.24, 2.45) is 0 Å². The van der Waals surface area contributed by atoms with Crippen molar-refractivity contribution >= 4 is 22.9 Å². The minimum absolute atomic E-state index is 0.557. The average molecular weight is 133 g/mol. The zero-order valence-electron chi connectivity index (χ0n) is 3.52. The number of hydrogen-bond donors (Lipinski definition) is 0. The van der Waals surface area contributed by atoms with Crippen LogP contribution in [0.15, 0.2) is 6.20 Å². The van der Waals surface area contributed by atoms with Gasteiger partial charge in [0.15, 0.2) is 5.51 Å². The van der Waals surface area contributed by atoms with Gasteiger partial charge in [0.2, 0.25) is 0 Å². The summed E-state index contributed by atoms with van der Waals surface area (Å²) in [6.45, 7) is 0. The predicted octanol–water partition coefficient (Wildman–Crippen LogP) is 1.68. The fraction of sp³-hybridized carbons (Fsp3) is 0.250. The molecule has 1 radical (unpaired) electrons. The van der Waals surface area contributed by atoms with Gasteiger partial charge in [-0.3, -0.25) is 0 Å². The maximum Gasteiger partial charge on any atom is 0.152 e. The van der Waals surface area contributed by atoms with Crippen LogP contribution in [0.2, 0.25) is 0 Å². The molecule has 0 amide bonds. The lowest BCUT2D eigenvalue weighted by Crippen LogP contribution is -1.60. The Morgan fingerprint density at radius 3 is 3.14 bits per heavy atom. The summed E-state index contributed by atoms with van der Waals surface area (Å²) in [5, 5.41) is 0. The van der Waals surface area contributed by atoms with Gasteiger partial charge in [0.05, 0.1) is 5.88 Å². The Morgan fingerprint density at radius 1 is 2.00 bits per heavy atom. The predicted molar refractivity (Wildman–Crippen MR) is 30.5 cm³/mol. The average Bonchev–Trinajstić information content (AvgIpc) is 2.14. The van der Waals surface area contributed by atoms with Crippen LogP contribution in [-0.2, 0) is 5.88 Å². The third-order valence-corrected chi connectivity index (χ3v) is 1.72. The molecular weight excluding hydrogens is 130 g/mol. The molecule has 0 bridgehead atoms. The fourth-order valence-electron chi connectivity index (χ4n) is 0.271. The van der Waals surface area contributed by atoms with E-state index in [1.165, 1.54) is 11.3 Å². The van der Waals surface area contributed by atoms with Gasteiger partial charge in [-0.25, -0.2) is 4.98 Å². The Kier molecular flexibility index (Phi) is 1.65. The lowest BCUT2D eigenvalue weighted by Gasteiger charge is -1.74. The largest absolute Gasteiger partial charge is 0.242 e. The monoisotopic (exact) mass is 132 g/mol. The molecule has 0 aliphatic carbocycles. The summed E-state index contributed by atoms with van der Waals surface area (Å²) in [5.41, 5.74) is 2.69. The van der Waals surface area contributed by atoms with Crippen molar-refractivity contribution in [2.75, 3.05) is 0 Å². The smallest absolute Gasteiger partial charge is 0.152 e. The van der Waals surface area contributed by atoms with Crippen molar-refractivity contribution in [3.8, 4) is 0 Å². The number of halogens is 1. The van der Waals surface area contributed by atoms with Gasteiger partial charge in [0.25, 0.3) is 0 Å². The molecule has 1 rings (SSSR count). The summed E-state index contributed by atoms with van der Waals surface area (Å²) in [5.74, 6) is 0.557. The van der Waals surface area contributed by atoms with Crippen LogP contribution in [0.1, 0.15) is 4.88 Å². The highest BCUT2D eigenvalue weighted by atomic mass is 35.5. The normalized spacial score (nSPS) is 9.29. The van der Waals surface area contributed by atoms with E-state index in [0.717, 1.165) is 4.88 Å². The molecule has 0 saturated carbocycles. The van der Waals surface area contributed by atoms with Crippen molar-refractivity contribution in [3.05, 3.63) is 16.6 Å². The molecule has 1 aromatic rings. The van der Waals surface area contributed by atoms with Gasteiger partial charge in [-0.2, -0.15) is 0 Å². The second-order valence-corrected chi connectivity index (χ2v) is 2.23. The molecule has 0 atom stereocenters. The molecule has 0 aliphatic rings. The molecular formula is C4H3ClNS. The molecule has 1 nitrogen and oxygen atoms in total. The number of rotatable bonds is 1. The van der Waals surface area contributed by atoms with E-state index in [9.17, 15) is 0 Å². The second-order valence-electron chi connectivity index (χ2n) is 1.05. The van der Waals surface area contributed by atoms with E-state index in [1.54, 1.807) is 6.20 Å². The molecule has 1 aromatic heterocycles. The highest BCUT2D eigenvalue weighted by Gasteiger charge is 1.86. The van der Waals surface area contributed by atoms with Crippen molar-refractivity contribution in [1.29, 1.82) is 0 Å². The summed E-state index contributed by atoms with van der Waals surface area (Å²) in [7, 11) is 0. The van der Waals surface area contributed by atoms with Crippen LogP contribution in [-0.4, -0.2) is 4.98 Å². The van der Waals surface area contributed by atoms with Gasteiger partial charge in [-0.15, -0.1) is 22.9 Å². The molecule has 1 heterocycles. The van der Waals surface area contributed by atoms with Crippen LogP contribution in [0.5, 0.6) is 0 Å². The van der Waals surface area contributed by atoms with Crippen LogP contribution in [0.4, 0.5) is 0 Å². The van der Waals surface area contributed by atoms with Crippen LogP contribution >= 0.6 is 22.9 Å². The van der Waals surface area contributed by atoms with E-state index in [-0.39, 0.29) is 0 Å². The van der Waals surface area contributed by atoms with Gasteiger partial charge in [0.1, 0.15) is 0 Å². The number of alkyl halides is 1. The topological polar surface area (TPSA) is 12.9 Å². The SMILES string of the molecule is ClCc1cn[c]s1. The Hall–Kier alpha value is -0.0800. The van der Waals surface area contributed by atoms with Gasteiger partial charge in [-0.05, 0) is 0 Å². The summed E-state index contributed by atoms with van der Waals surface area (Å²) in [4.78, 5) is 4.77. The number of hydrogen-bond acceptors (Lipinski definition) is 2. The molecule has 0 spiro atoms. The van der Waals surface area contributed by atoms with Gasteiger partial charge < -0.3 is 0 Å². The summed E-state index contributed by atoms with van der Waals surface area (Å²) < 4.78 is 0.